The first-order chi connectivity index (χ1) is 11.6. The van der Waals surface area contributed by atoms with E-state index in [1.54, 1.807) is 0 Å². The van der Waals surface area contributed by atoms with Gasteiger partial charge in [-0.1, -0.05) is 0 Å². The topological polar surface area (TPSA) is 278 Å². The minimum atomic E-state index is -2.97. The van der Waals surface area contributed by atoms with E-state index in [0.29, 0.717) is 0 Å². The molecule has 0 heterocycles. The summed E-state index contributed by atoms with van der Waals surface area (Å²) in [6.45, 7) is 0. The van der Waals surface area contributed by atoms with E-state index < -0.39 is 72.7 Å². The molecule has 0 aliphatic heterocycles. The van der Waals surface area contributed by atoms with Crippen molar-refractivity contribution in [2.24, 2.45) is 0 Å². The Labute approximate surface area is 388 Å². The zero-order valence-electron chi connectivity index (χ0n) is 17.7. The molecule has 0 aromatic heterocycles. The van der Waals surface area contributed by atoms with Crippen molar-refractivity contribution in [2.75, 3.05) is 0 Å². The summed E-state index contributed by atoms with van der Waals surface area (Å²) < 4.78 is 0. The Kier molecular flexibility index (Phi) is 44.8. The first-order valence-corrected chi connectivity index (χ1v) is 6.24. The molecule has 0 spiro atoms. The Hall–Kier alpha value is 4.92. The van der Waals surface area contributed by atoms with Gasteiger partial charge in [0.05, 0.1) is 5.97 Å². The monoisotopic (exact) mass is 574 g/mol. The summed E-state index contributed by atoms with van der Waals surface area (Å²) in [5.41, 5.74) is -5.84. The summed E-state index contributed by atoms with van der Waals surface area (Å²) in [6.07, 6.45) is -5.31. The van der Waals surface area contributed by atoms with E-state index in [0.717, 1.165) is 0 Å². The van der Waals surface area contributed by atoms with Crippen LogP contribution in [0.5, 0.6) is 0 Å². The van der Waals surface area contributed by atoms with Crippen molar-refractivity contribution in [3.8, 4) is 0 Å². The van der Waals surface area contributed by atoms with Crippen LogP contribution in [0, 0.1) is 0 Å². The number of carboxylic acid groups (broad SMARTS) is 6. The van der Waals surface area contributed by atoms with E-state index in [2.05, 4.69) is 0 Å². The quantitative estimate of drug-likeness (QED) is 0.204. The maximum atomic E-state index is 10.3. The van der Waals surface area contributed by atoms with Crippen LogP contribution in [0.25, 0.3) is 0 Å². The molecule has 0 aliphatic rings. The van der Waals surface area contributed by atoms with Crippen LogP contribution in [0.3, 0.4) is 0 Å². The predicted octanol–water partition coefficient (Wildman–Crippen LogP) is -24.2. The molecular weight excluding hydrogens is 564 g/mol. The van der Waals surface area contributed by atoms with Crippen LogP contribution in [0.4, 0.5) is 0 Å². The second kappa shape index (κ2) is 26.5. The van der Waals surface area contributed by atoms with Crippen LogP contribution in [0.15, 0.2) is 0 Å². The van der Waals surface area contributed by atoms with Gasteiger partial charge in [-0.3, -0.25) is 0 Å². The molecule has 14 nitrogen and oxygen atoms in total. The molecule has 3 N–H and O–H groups in total. The van der Waals surface area contributed by atoms with Crippen LogP contribution in [-0.2, 0) is 28.8 Å². The van der Waals surface area contributed by atoms with Crippen molar-refractivity contribution in [2.45, 2.75) is 36.9 Å². The summed E-state index contributed by atoms with van der Waals surface area (Å²) >= 11 is 0. The first kappa shape index (κ1) is 52.4. The molecule has 0 radical (unpaired) electrons. The van der Waals surface area contributed by atoms with Gasteiger partial charge in [-0.2, -0.15) is 0 Å². The molecule has 0 saturated carbocycles. The largest absolute Gasteiger partial charge is 1.00 e. The summed E-state index contributed by atoms with van der Waals surface area (Å²) in [6, 6.07) is 0. The van der Waals surface area contributed by atoms with Gasteiger partial charge in [0, 0.05) is 49.6 Å². The van der Waals surface area contributed by atoms with E-state index in [4.69, 9.17) is 15.3 Å². The standard InChI is InChI=1S/2C6H8O7.5K/c2*7-3(8)1-6(13,5(11)12)2-4(9)10;;;;;/h2*13H,1-2H2,(H,7,8)(H,9,10)(H,11,12);;;;;/q;;5*+1/p-5. The number of rotatable bonds is 10. The van der Waals surface area contributed by atoms with Gasteiger partial charge in [0.2, 0.25) is 0 Å². The second-order valence-corrected chi connectivity index (χ2v) is 4.85. The van der Waals surface area contributed by atoms with Gasteiger partial charge in [-0.05, 0) is 0 Å². The number of carbonyl (C=O) groups excluding carboxylic acids is 5. The van der Waals surface area contributed by atoms with Crippen molar-refractivity contribution in [1.29, 1.82) is 0 Å². The molecule has 19 heteroatoms. The fraction of sp³-hybridized carbons (Fsp3) is 0.500. The molecule has 148 valence electrons. The molecule has 0 fully saturated rings. The van der Waals surface area contributed by atoms with Crippen molar-refractivity contribution < 1.29 is 327 Å². The Balaban J connectivity index is -0.0000000640. The third-order valence-electron chi connectivity index (χ3n) is 2.53. The van der Waals surface area contributed by atoms with Gasteiger partial charge in [-0.25, -0.2) is 4.79 Å². The molecule has 31 heavy (non-hydrogen) atoms. The van der Waals surface area contributed by atoms with Crippen LogP contribution in [0.1, 0.15) is 25.7 Å². The average molecular weight is 575 g/mol. The van der Waals surface area contributed by atoms with Crippen LogP contribution < -0.4 is 282 Å². The van der Waals surface area contributed by atoms with Crippen LogP contribution in [0.2, 0.25) is 0 Å². The Morgan fingerprint density at radius 2 is 0.710 bits per heavy atom. The van der Waals surface area contributed by atoms with Gasteiger partial charge in [-0.15, -0.1) is 0 Å². The number of aliphatic hydroxyl groups is 2. The van der Waals surface area contributed by atoms with Crippen molar-refractivity contribution >= 4 is 35.8 Å². The summed E-state index contributed by atoms with van der Waals surface area (Å²) in [4.78, 5) is 60.2. The normalized spacial score (nSPS) is 9.10. The van der Waals surface area contributed by atoms with Gasteiger partial charge in [0.25, 0.3) is 0 Å². The maximum Gasteiger partial charge on any atom is 1.00 e. The average Bonchev–Trinajstić information content (AvgIpc) is 2.34. The van der Waals surface area contributed by atoms with Gasteiger partial charge in [0.15, 0.2) is 5.60 Å². The summed E-state index contributed by atoms with van der Waals surface area (Å²) in [7, 11) is 0. The van der Waals surface area contributed by atoms with Crippen molar-refractivity contribution in [3.63, 3.8) is 0 Å². The van der Waals surface area contributed by atoms with Crippen molar-refractivity contribution in [1.82, 2.24) is 0 Å². The van der Waals surface area contributed by atoms with Crippen LogP contribution in [-0.4, -0.2) is 62.3 Å². The summed E-state index contributed by atoms with van der Waals surface area (Å²) in [5.74, 6) is -11.6. The molecular formula is C12H11K5O14. The molecule has 0 aliphatic carbocycles. The Bertz CT molecular complexity index is 526. The van der Waals surface area contributed by atoms with E-state index in [9.17, 15) is 54.3 Å². The molecule has 0 rings (SSSR count). The fourth-order valence-electron chi connectivity index (χ4n) is 1.38. The molecule has 0 saturated heterocycles. The fourth-order valence-corrected chi connectivity index (χ4v) is 1.38. The first-order valence-electron chi connectivity index (χ1n) is 6.24. The molecule has 0 aromatic rings. The van der Waals surface area contributed by atoms with E-state index in [1.807, 2.05) is 0 Å². The molecule has 0 aromatic carbocycles. The van der Waals surface area contributed by atoms with Gasteiger partial charge < -0.3 is 64.8 Å². The van der Waals surface area contributed by atoms with Crippen LogP contribution >= 0.6 is 0 Å². The molecule has 0 bridgehead atoms. The number of carboxylic acids is 6. The van der Waals surface area contributed by atoms with Gasteiger partial charge in [0.1, 0.15) is 5.60 Å². The van der Waals surface area contributed by atoms with E-state index in [1.165, 1.54) is 0 Å². The number of carbonyl (C=O) groups is 6. The number of aliphatic carboxylic acids is 6. The zero-order chi connectivity index (χ0) is 21.3. The predicted molar refractivity (Wildman–Crippen MR) is 61.0 cm³/mol. The Morgan fingerprint density at radius 1 is 0.516 bits per heavy atom. The third kappa shape index (κ3) is 27.8. The third-order valence-corrected chi connectivity index (χ3v) is 2.53. The number of hydrogen-bond acceptors (Lipinski definition) is 13. The molecule has 0 unspecified atom stereocenters. The smallest absolute Gasteiger partial charge is 0.550 e. The second-order valence-electron chi connectivity index (χ2n) is 4.85. The number of hydrogen-bond donors (Lipinski definition) is 3. The minimum Gasteiger partial charge on any atom is -0.550 e. The van der Waals surface area contributed by atoms with Gasteiger partial charge >= 0.3 is 263 Å². The Morgan fingerprint density at radius 3 is 0.839 bits per heavy atom. The minimum absolute atomic E-state index is 0. The maximum absolute atomic E-state index is 10.3. The zero-order valence-corrected chi connectivity index (χ0v) is 33.3. The molecule has 0 atom stereocenters. The van der Waals surface area contributed by atoms with E-state index in [-0.39, 0.29) is 257 Å². The summed E-state index contributed by atoms with van der Waals surface area (Å²) in [5, 5.41) is 76.1. The van der Waals surface area contributed by atoms with E-state index >= 15 is 0 Å². The van der Waals surface area contributed by atoms with Crippen molar-refractivity contribution in [3.05, 3.63) is 0 Å². The molecule has 0 amide bonds. The SMILES string of the molecule is O=C([O-])CC(O)(CC(=O)[O-])C(=O)O.O=C([O-])CC(O)(CC(=O)[O-])C(=O)[O-].[K+].[K+].[K+].[K+].[K+].